The zero-order valence-corrected chi connectivity index (χ0v) is 17.5. The van der Waals surface area contributed by atoms with Gasteiger partial charge in [0.25, 0.3) is 5.56 Å². The Morgan fingerprint density at radius 2 is 2.19 bits per heavy atom. The van der Waals surface area contributed by atoms with Crippen LogP contribution in [0.25, 0.3) is 10.2 Å². The van der Waals surface area contributed by atoms with Gasteiger partial charge in [-0.3, -0.25) is 9.59 Å². The molecule has 8 heteroatoms. The average Bonchev–Trinajstić information content (AvgIpc) is 3.26. The predicted molar refractivity (Wildman–Crippen MR) is 111 cm³/mol. The molecule has 0 radical (unpaired) electrons. The van der Waals surface area contributed by atoms with Crippen molar-refractivity contribution in [2.75, 3.05) is 20.1 Å². The lowest BCUT2D eigenvalue weighted by molar-refractivity contribution is -0.131. The molecule has 148 valence electrons. The maximum absolute atomic E-state index is 12.6. The van der Waals surface area contributed by atoms with Crippen LogP contribution in [0.2, 0.25) is 0 Å². The van der Waals surface area contributed by atoms with E-state index in [4.69, 9.17) is 0 Å². The first-order chi connectivity index (χ1) is 12.5. The topological polar surface area (TPSA) is 78.1 Å². The average molecular weight is 411 g/mol. The molecule has 2 atom stereocenters. The van der Waals surface area contributed by atoms with E-state index in [9.17, 15) is 9.59 Å². The molecule has 0 saturated carbocycles. The number of aryl methyl sites for hydroxylation is 2. The molecule has 1 saturated heterocycles. The number of aromatic amines is 1. The number of H-pyrrole nitrogens is 1. The summed E-state index contributed by atoms with van der Waals surface area (Å²) in [7, 11) is 1.87. The molecule has 27 heavy (non-hydrogen) atoms. The van der Waals surface area contributed by atoms with Gasteiger partial charge in [0.05, 0.1) is 5.39 Å². The van der Waals surface area contributed by atoms with E-state index in [0.29, 0.717) is 24.6 Å². The lowest BCUT2D eigenvalue weighted by atomic mass is 9.89. The van der Waals surface area contributed by atoms with E-state index in [2.05, 4.69) is 22.2 Å². The molecule has 0 bridgehead atoms. The van der Waals surface area contributed by atoms with Crippen LogP contribution in [0.15, 0.2) is 4.79 Å². The maximum atomic E-state index is 12.6. The standard InChI is InChI=1S/C19H26N4O2S.ClH/c1-11-3-4-13-14(9-11)26-19-17(13)18(25)21-15(22-19)5-6-16(24)23(2)12-7-8-20-10-12;/h11-12,20H,3-10H2,1-2H3,(H,21,22,25);1H. The molecule has 2 aromatic heterocycles. The Morgan fingerprint density at radius 1 is 1.37 bits per heavy atom. The number of nitrogens with one attached hydrogen (secondary N) is 2. The van der Waals surface area contributed by atoms with Gasteiger partial charge < -0.3 is 15.2 Å². The Bertz CT molecular complexity index is 888. The van der Waals surface area contributed by atoms with Gasteiger partial charge in [-0.15, -0.1) is 23.7 Å². The highest BCUT2D eigenvalue weighted by Gasteiger charge is 2.24. The number of aromatic nitrogens is 2. The highest BCUT2D eigenvalue weighted by Crippen LogP contribution is 2.35. The van der Waals surface area contributed by atoms with Crippen molar-refractivity contribution in [3.63, 3.8) is 0 Å². The number of hydrogen-bond acceptors (Lipinski definition) is 5. The number of amides is 1. The van der Waals surface area contributed by atoms with Gasteiger partial charge in [0.15, 0.2) is 0 Å². The summed E-state index contributed by atoms with van der Waals surface area (Å²) in [5, 5.41) is 4.06. The number of carbonyl (C=O) groups excluding carboxylic acids is 1. The second-order valence-electron chi connectivity index (χ2n) is 7.70. The largest absolute Gasteiger partial charge is 0.341 e. The van der Waals surface area contributed by atoms with Crippen molar-refractivity contribution < 1.29 is 4.79 Å². The third-order valence-electron chi connectivity index (χ3n) is 5.77. The molecule has 2 unspecified atom stereocenters. The Kier molecular flexibility index (Phi) is 6.23. The number of nitrogens with zero attached hydrogens (tertiary/aromatic N) is 2. The first-order valence-electron chi connectivity index (χ1n) is 9.52. The van der Waals surface area contributed by atoms with Gasteiger partial charge in [0.1, 0.15) is 10.7 Å². The summed E-state index contributed by atoms with van der Waals surface area (Å²) in [4.78, 5) is 36.6. The molecule has 2 aromatic rings. The first-order valence-corrected chi connectivity index (χ1v) is 10.3. The highest BCUT2D eigenvalue weighted by atomic mass is 35.5. The van der Waals surface area contributed by atoms with E-state index < -0.39 is 0 Å². The summed E-state index contributed by atoms with van der Waals surface area (Å²) in [6.45, 7) is 4.09. The normalized spacial score (nSPS) is 21.7. The zero-order valence-electron chi connectivity index (χ0n) is 15.8. The number of fused-ring (bicyclic) bond motifs is 3. The molecule has 2 aliphatic rings. The summed E-state index contributed by atoms with van der Waals surface area (Å²) in [5.74, 6) is 1.41. The number of likely N-dealkylation sites (N-methyl/N-ethyl adjacent to an activating group) is 1. The third kappa shape index (κ3) is 4.05. The zero-order chi connectivity index (χ0) is 18.3. The summed E-state index contributed by atoms with van der Waals surface area (Å²) in [6, 6.07) is 0.281. The number of hydrogen-bond donors (Lipinski definition) is 2. The minimum Gasteiger partial charge on any atom is -0.341 e. The van der Waals surface area contributed by atoms with Crippen molar-refractivity contribution in [1.82, 2.24) is 20.2 Å². The van der Waals surface area contributed by atoms with Crippen LogP contribution in [-0.2, 0) is 24.1 Å². The lowest BCUT2D eigenvalue weighted by Crippen LogP contribution is -2.38. The fourth-order valence-electron chi connectivity index (χ4n) is 4.09. The molecule has 1 aliphatic carbocycles. The summed E-state index contributed by atoms with van der Waals surface area (Å²) in [6.07, 6.45) is 5.01. The fourth-order valence-corrected chi connectivity index (χ4v) is 5.49. The van der Waals surface area contributed by atoms with Gasteiger partial charge in [-0.1, -0.05) is 6.92 Å². The number of thiophene rings is 1. The Morgan fingerprint density at radius 3 is 2.93 bits per heavy atom. The molecule has 4 rings (SSSR count). The SMILES string of the molecule is CC1CCc2c(sc3nc(CCC(=O)N(C)C4CCNC4)[nH]c(=O)c23)C1.Cl. The molecule has 0 aromatic carbocycles. The van der Waals surface area contributed by atoms with Crippen LogP contribution in [0.1, 0.15) is 42.5 Å². The van der Waals surface area contributed by atoms with E-state index in [0.717, 1.165) is 49.0 Å². The second-order valence-corrected chi connectivity index (χ2v) is 8.78. The van der Waals surface area contributed by atoms with Crippen LogP contribution in [0, 0.1) is 5.92 Å². The molecular formula is C19H27ClN4O2S. The lowest BCUT2D eigenvalue weighted by Gasteiger charge is -2.23. The van der Waals surface area contributed by atoms with Crippen LogP contribution in [0.4, 0.5) is 0 Å². The van der Waals surface area contributed by atoms with Gasteiger partial charge in [-0.25, -0.2) is 4.98 Å². The summed E-state index contributed by atoms with van der Waals surface area (Å²) < 4.78 is 0. The smallest absolute Gasteiger partial charge is 0.259 e. The minimum absolute atomic E-state index is 0. The van der Waals surface area contributed by atoms with Crippen molar-refractivity contribution in [1.29, 1.82) is 0 Å². The Labute approximate surface area is 169 Å². The van der Waals surface area contributed by atoms with Gasteiger partial charge in [0.2, 0.25) is 5.91 Å². The van der Waals surface area contributed by atoms with Crippen molar-refractivity contribution in [2.24, 2.45) is 5.92 Å². The van der Waals surface area contributed by atoms with Crippen LogP contribution < -0.4 is 10.9 Å². The van der Waals surface area contributed by atoms with Gasteiger partial charge >= 0.3 is 0 Å². The van der Waals surface area contributed by atoms with Crippen LogP contribution in [-0.4, -0.2) is 47.0 Å². The van der Waals surface area contributed by atoms with E-state index in [1.54, 1.807) is 11.3 Å². The number of carbonyl (C=O) groups is 1. The van der Waals surface area contributed by atoms with Crippen LogP contribution >= 0.6 is 23.7 Å². The predicted octanol–water partition coefficient (Wildman–Crippen LogP) is 2.28. The van der Waals surface area contributed by atoms with E-state index in [1.165, 1.54) is 10.4 Å². The van der Waals surface area contributed by atoms with Crippen LogP contribution in [0.3, 0.4) is 0 Å². The maximum Gasteiger partial charge on any atom is 0.259 e. The van der Waals surface area contributed by atoms with Crippen LogP contribution in [0.5, 0.6) is 0 Å². The molecular weight excluding hydrogens is 384 g/mol. The molecule has 1 fully saturated rings. The molecule has 2 N–H and O–H groups in total. The molecule has 0 spiro atoms. The number of rotatable bonds is 4. The quantitative estimate of drug-likeness (QED) is 0.810. The monoisotopic (exact) mass is 410 g/mol. The van der Waals surface area contributed by atoms with Gasteiger partial charge in [0, 0.05) is 37.4 Å². The Hall–Kier alpha value is -1.44. The highest BCUT2D eigenvalue weighted by molar-refractivity contribution is 7.18. The molecule has 6 nitrogen and oxygen atoms in total. The van der Waals surface area contributed by atoms with Gasteiger partial charge in [-0.2, -0.15) is 0 Å². The fraction of sp³-hybridized carbons (Fsp3) is 0.632. The van der Waals surface area contributed by atoms with E-state index in [-0.39, 0.29) is 29.9 Å². The molecule has 3 heterocycles. The van der Waals surface area contributed by atoms with Gasteiger partial charge in [-0.05, 0) is 43.7 Å². The summed E-state index contributed by atoms with van der Waals surface area (Å²) >= 11 is 1.66. The first kappa shape index (κ1) is 20.3. The van der Waals surface area contributed by atoms with Crippen molar-refractivity contribution >= 4 is 39.9 Å². The second kappa shape index (κ2) is 8.29. The Balaban J connectivity index is 0.00000210. The van der Waals surface area contributed by atoms with E-state index in [1.807, 2.05) is 11.9 Å². The third-order valence-corrected chi connectivity index (χ3v) is 6.91. The van der Waals surface area contributed by atoms with E-state index >= 15 is 0 Å². The van der Waals surface area contributed by atoms with Crippen molar-refractivity contribution in [3.8, 4) is 0 Å². The summed E-state index contributed by atoms with van der Waals surface area (Å²) in [5.41, 5.74) is 1.16. The van der Waals surface area contributed by atoms with Crippen molar-refractivity contribution in [2.45, 2.75) is 51.5 Å². The minimum atomic E-state index is -0.0437. The molecule has 1 aliphatic heterocycles. The number of halogens is 1. The molecule has 1 amide bonds. The van der Waals surface area contributed by atoms with Crippen molar-refractivity contribution in [3.05, 3.63) is 26.6 Å².